The number of hydrogen-bond donors (Lipinski definition) is 3. The number of nitrogens with zero attached hydrogens (tertiary/aromatic N) is 3. The second kappa shape index (κ2) is 11.4. The van der Waals surface area contributed by atoms with Gasteiger partial charge < -0.3 is 10.6 Å². The van der Waals surface area contributed by atoms with Gasteiger partial charge in [0.2, 0.25) is 10.0 Å². The van der Waals surface area contributed by atoms with E-state index in [2.05, 4.69) is 37.6 Å². The van der Waals surface area contributed by atoms with Crippen LogP contribution in [0, 0.1) is 13.8 Å². The second-order valence-corrected chi connectivity index (χ2v) is 8.98. The van der Waals surface area contributed by atoms with Crippen LogP contribution in [0.2, 0.25) is 0 Å². The molecular formula is C22H29IN6O2S. The van der Waals surface area contributed by atoms with Crippen LogP contribution >= 0.6 is 24.0 Å². The van der Waals surface area contributed by atoms with Crippen molar-refractivity contribution in [2.45, 2.75) is 31.8 Å². The van der Waals surface area contributed by atoms with Gasteiger partial charge in [0.1, 0.15) is 0 Å². The van der Waals surface area contributed by atoms with E-state index < -0.39 is 10.0 Å². The maximum absolute atomic E-state index is 11.8. The van der Waals surface area contributed by atoms with Gasteiger partial charge >= 0.3 is 0 Å². The van der Waals surface area contributed by atoms with Crippen LogP contribution in [0.25, 0.3) is 5.69 Å². The van der Waals surface area contributed by atoms with E-state index in [0.29, 0.717) is 19.0 Å². The lowest BCUT2D eigenvalue weighted by molar-refractivity contribution is 0.588. The van der Waals surface area contributed by atoms with Crippen LogP contribution in [0.4, 0.5) is 0 Å². The number of aryl methyl sites for hydroxylation is 2. The molecule has 0 aliphatic carbocycles. The summed E-state index contributed by atoms with van der Waals surface area (Å²) in [6.07, 6.45) is 0. The molecule has 8 nitrogen and oxygen atoms in total. The first-order valence-electron chi connectivity index (χ1n) is 9.92. The van der Waals surface area contributed by atoms with Crippen LogP contribution in [-0.4, -0.2) is 38.3 Å². The Hall–Kier alpha value is -2.44. The van der Waals surface area contributed by atoms with Gasteiger partial charge in [-0.3, -0.25) is 4.99 Å². The third kappa shape index (κ3) is 6.30. The molecular weight excluding hydrogens is 539 g/mol. The molecule has 0 radical (unpaired) electrons. The van der Waals surface area contributed by atoms with E-state index in [4.69, 9.17) is 0 Å². The number of rotatable bonds is 7. The Bertz CT molecular complexity index is 1170. The van der Waals surface area contributed by atoms with Gasteiger partial charge in [0, 0.05) is 25.8 Å². The predicted octanol–water partition coefficient (Wildman–Crippen LogP) is 2.88. The van der Waals surface area contributed by atoms with Gasteiger partial charge in [-0.05, 0) is 56.3 Å². The highest BCUT2D eigenvalue weighted by atomic mass is 127. The zero-order chi connectivity index (χ0) is 22.4. The maximum Gasteiger partial charge on any atom is 0.240 e. The number of para-hydroxylation sites is 1. The molecule has 0 bridgehead atoms. The van der Waals surface area contributed by atoms with Gasteiger partial charge in [-0.2, -0.15) is 5.10 Å². The van der Waals surface area contributed by atoms with Crippen molar-refractivity contribution < 1.29 is 8.42 Å². The fraction of sp³-hybridized carbons (Fsp3) is 0.273. The lowest BCUT2D eigenvalue weighted by Gasteiger charge is -2.15. The highest BCUT2D eigenvalue weighted by molar-refractivity contribution is 14.0. The minimum atomic E-state index is -3.43. The molecule has 0 amide bonds. The monoisotopic (exact) mass is 568 g/mol. The Kier molecular flexibility index (Phi) is 9.22. The molecule has 1 aromatic heterocycles. The van der Waals surface area contributed by atoms with Crippen LogP contribution in [0.15, 0.2) is 64.5 Å². The van der Waals surface area contributed by atoms with Crippen molar-refractivity contribution in [3.63, 3.8) is 0 Å². The van der Waals surface area contributed by atoms with E-state index in [9.17, 15) is 8.42 Å². The molecule has 0 saturated carbocycles. The van der Waals surface area contributed by atoms with Crippen molar-refractivity contribution in [3.8, 4) is 5.69 Å². The van der Waals surface area contributed by atoms with Gasteiger partial charge in [0.25, 0.3) is 0 Å². The molecule has 0 unspecified atom stereocenters. The Morgan fingerprint density at radius 3 is 2.28 bits per heavy atom. The number of benzene rings is 2. The third-order valence-electron chi connectivity index (χ3n) is 4.86. The van der Waals surface area contributed by atoms with Gasteiger partial charge in [0.15, 0.2) is 5.96 Å². The topological polar surface area (TPSA) is 100 Å². The van der Waals surface area contributed by atoms with Crippen molar-refractivity contribution in [2.75, 3.05) is 14.1 Å². The summed E-state index contributed by atoms with van der Waals surface area (Å²) in [7, 11) is -0.323. The smallest absolute Gasteiger partial charge is 0.240 e. The Morgan fingerprint density at radius 2 is 1.69 bits per heavy atom. The lowest BCUT2D eigenvalue weighted by atomic mass is 10.1. The molecule has 0 aliphatic heterocycles. The van der Waals surface area contributed by atoms with Crippen molar-refractivity contribution in [3.05, 3.63) is 77.1 Å². The number of hydrogen-bond acceptors (Lipinski definition) is 4. The summed E-state index contributed by atoms with van der Waals surface area (Å²) >= 11 is 0. The first-order chi connectivity index (χ1) is 14.8. The summed E-state index contributed by atoms with van der Waals surface area (Å²) in [5, 5.41) is 11.2. The lowest BCUT2D eigenvalue weighted by Crippen LogP contribution is -2.36. The molecule has 0 fully saturated rings. The second-order valence-electron chi connectivity index (χ2n) is 7.10. The van der Waals surface area contributed by atoms with Crippen molar-refractivity contribution in [1.82, 2.24) is 25.1 Å². The molecule has 0 aliphatic rings. The Morgan fingerprint density at radius 1 is 1.03 bits per heavy atom. The third-order valence-corrected chi connectivity index (χ3v) is 6.29. The number of aliphatic imine (C=N–C) groups is 1. The highest BCUT2D eigenvalue weighted by Gasteiger charge is 2.11. The summed E-state index contributed by atoms with van der Waals surface area (Å²) in [6.45, 7) is 5.11. The number of aromatic nitrogens is 2. The largest absolute Gasteiger partial charge is 0.352 e. The normalized spacial score (nSPS) is 11.7. The zero-order valence-corrected chi connectivity index (χ0v) is 21.7. The molecule has 3 aromatic rings. The minimum Gasteiger partial charge on any atom is -0.352 e. The van der Waals surface area contributed by atoms with Crippen LogP contribution < -0.4 is 15.4 Å². The molecule has 0 spiro atoms. The fourth-order valence-electron chi connectivity index (χ4n) is 3.23. The maximum atomic E-state index is 11.8. The minimum absolute atomic E-state index is 0. The van der Waals surface area contributed by atoms with Crippen molar-refractivity contribution in [2.24, 2.45) is 4.99 Å². The zero-order valence-electron chi connectivity index (χ0n) is 18.6. The van der Waals surface area contributed by atoms with Gasteiger partial charge in [-0.15, -0.1) is 24.0 Å². The molecule has 1 heterocycles. The van der Waals surface area contributed by atoms with Crippen LogP contribution in [0.3, 0.4) is 0 Å². The van der Waals surface area contributed by atoms with E-state index in [1.165, 1.54) is 7.05 Å². The summed E-state index contributed by atoms with van der Waals surface area (Å²) in [4.78, 5) is 4.52. The predicted molar refractivity (Wildman–Crippen MR) is 138 cm³/mol. The average molecular weight is 568 g/mol. The quantitative estimate of drug-likeness (QED) is 0.231. The standard InChI is InChI=1S/C22H28N6O2S.HI/c1-16-13-17(2)28(27-16)21-8-6-5-7-19(21)15-26-22(23-3)25-14-18-9-11-20(12-10-18)31(29,30)24-4;/h5-13,24H,14-15H2,1-4H3,(H2,23,25,26);1H. The van der Waals surface area contributed by atoms with E-state index in [1.807, 2.05) is 36.7 Å². The summed E-state index contributed by atoms with van der Waals surface area (Å²) in [6, 6.07) is 16.9. The van der Waals surface area contributed by atoms with E-state index in [0.717, 1.165) is 28.2 Å². The fourth-order valence-corrected chi connectivity index (χ4v) is 3.96. The van der Waals surface area contributed by atoms with Crippen LogP contribution in [0.1, 0.15) is 22.5 Å². The Balaban J connectivity index is 0.00000363. The summed E-state index contributed by atoms with van der Waals surface area (Å²) in [5.74, 6) is 0.648. The van der Waals surface area contributed by atoms with Gasteiger partial charge in [-0.25, -0.2) is 17.8 Å². The SMILES string of the molecule is CN=C(NCc1ccc(S(=O)(=O)NC)cc1)NCc1ccccc1-n1nc(C)cc1C.I. The van der Waals surface area contributed by atoms with Crippen LogP contribution in [-0.2, 0) is 23.1 Å². The van der Waals surface area contributed by atoms with Gasteiger partial charge in [-0.1, -0.05) is 30.3 Å². The van der Waals surface area contributed by atoms with Crippen LogP contribution in [0.5, 0.6) is 0 Å². The molecule has 0 saturated heterocycles. The average Bonchev–Trinajstić information content (AvgIpc) is 3.12. The molecule has 3 rings (SSSR count). The molecule has 172 valence electrons. The van der Waals surface area contributed by atoms with Gasteiger partial charge in [0.05, 0.1) is 16.3 Å². The Labute approximate surface area is 206 Å². The van der Waals surface area contributed by atoms with E-state index >= 15 is 0 Å². The first kappa shape index (κ1) is 25.8. The van der Waals surface area contributed by atoms with Crippen molar-refractivity contribution in [1.29, 1.82) is 0 Å². The highest BCUT2D eigenvalue weighted by Crippen LogP contribution is 2.17. The summed E-state index contributed by atoms with van der Waals surface area (Å²) < 4.78 is 27.9. The number of sulfonamides is 1. The molecule has 3 N–H and O–H groups in total. The summed E-state index contributed by atoms with van der Waals surface area (Å²) in [5.41, 5.74) is 5.12. The number of halogens is 1. The first-order valence-corrected chi connectivity index (χ1v) is 11.4. The molecule has 2 aromatic carbocycles. The molecule has 10 heteroatoms. The van der Waals surface area contributed by atoms with E-state index in [1.54, 1.807) is 31.3 Å². The van der Waals surface area contributed by atoms with E-state index in [-0.39, 0.29) is 28.9 Å². The number of nitrogens with one attached hydrogen (secondary N) is 3. The molecule has 32 heavy (non-hydrogen) atoms. The van der Waals surface area contributed by atoms with Crippen molar-refractivity contribution >= 4 is 40.0 Å². The molecule has 0 atom stereocenters. The number of guanidine groups is 1.